The van der Waals surface area contributed by atoms with Crippen LogP contribution in [-0.4, -0.2) is 131 Å². The summed E-state index contributed by atoms with van der Waals surface area (Å²) in [5.74, 6) is -6.88. The van der Waals surface area contributed by atoms with E-state index in [4.69, 9.17) is 0 Å². The van der Waals surface area contributed by atoms with Crippen LogP contribution in [0.5, 0.6) is 11.5 Å². The van der Waals surface area contributed by atoms with Gasteiger partial charge in [-0.25, -0.2) is 9.59 Å². The Hall–Kier alpha value is -5.42. The molecule has 3 atom stereocenters. The molecule has 0 radical (unpaired) electrons. The van der Waals surface area contributed by atoms with E-state index >= 15 is 0 Å². The first kappa shape index (κ1) is 35.9. The maximum absolute atomic E-state index is 13.9. The number of aromatic nitrogens is 2. The summed E-state index contributed by atoms with van der Waals surface area (Å²) in [5, 5.41) is 46.2. The standard InChI is InChI=1S/C27H27N9O11S3/c1-2-34-5-6-35(20(43)19(34)42)25(47)30-16(12-3-4-14(39)15(40)7-12)18(41)31-27(29-11-38)22(46)36-17(21(44)45)13(8-48-23(27)36)9-49-26-33-32-24(50-26)28-10-37/h3-4,7,10-11,16,23,39-40H,2,5-6,8-9H2,1H3,(H,29,38)(H,30,47)(H,31,41)(H,44,45)(H,28,32,37)/t16?,23-,27+/m0/s1. The molecule has 2 saturated heterocycles. The number of amides is 8. The van der Waals surface area contributed by atoms with Crippen LogP contribution in [0.25, 0.3) is 0 Å². The molecule has 0 aliphatic carbocycles. The van der Waals surface area contributed by atoms with Crippen LogP contribution in [0.2, 0.25) is 0 Å². The van der Waals surface area contributed by atoms with E-state index in [0.29, 0.717) is 21.2 Å². The Morgan fingerprint density at radius 1 is 1.10 bits per heavy atom. The third kappa shape index (κ3) is 6.60. The third-order valence-corrected chi connectivity index (χ3v) is 11.2. The number of fused-ring (bicyclic) bond motifs is 1. The van der Waals surface area contributed by atoms with Crippen LogP contribution in [0, 0.1) is 0 Å². The Morgan fingerprint density at radius 2 is 1.86 bits per heavy atom. The fourth-order valence-corrected chi connectivity index (χ4v) is 8.57. The largest absolute Gasteiger partial charge is 0.504 e. The average molecular weight is 750 g/mol. The average Bonchev–Trinajstić information content (AvgIpc) is 3.55. The lowest BCUT2D eigenvalue weighted by Gasteiger charge is -2.56. The lowest BCUT2D eigenvalue weighted by Crippen LogP contribution is -2.85. The molecular weight excluding hydrogens is 723 g/mol. The Balaban J connectivity index is 1.40. The Labute approximate surface area is 293 Å². The second kappa shape index (κ2) is 14.6. The first-order valence-corrected chi connectivity index (χ1v) is 17.2. The van der Waals surface area contributed by atoms with Gasteiger partial charge in [0.2, 0.25) is 29.5 Å². The predicted molar refractivity (Wildman–Crippen MR) is 173 cm³/mol. The Morgan fingerprint density at radius 3 is 2.52 bits per heavy atom. The zero-order valence-electron chi connectivity index (χ0n) is 25.6. The normalized spacial score (nSPS) is 20.8. The number of carbonyl (C=O) groups is 8. The summed E-state index contributed by atoms with van der Waals surface area (Å²) in [4.78, 5) is 104. The first-order valence-electron chi connectivity index (χ1n) is 14.4. The van der Waals surface area contributed by atoms with Gasteiger partial charge in [0.1, 0.15) is 17.1 Å². The highest BCUT2D eigenvalue weighted by atomic mass is 32.2. The summed E-state index contributed by atoms with van der Waals surface area (Å²) in [6.07, 6.45) is 0.553. The predicted octanol–water partition coefficient (Wildman–Crippen LogP) is -1.44. The van der Waals surface area contributed by atoms with Crippen molar-refractivity contribution in [2.24, 2.45) is 0 Å². The number of nitrogens with zero attached hydrogens (tertiary/aromatic N) is 5. The molecule has 5 rings (SSSR count). The number of hydrogen-bond donors (Lipinski definition) is 7. The zero-order valence-corrected chi connectivity index (χ0v) is 28.1. The van der Waals surface area contributed by atoms with Gasteiger partial charge in [0.05, 0.1) is 0 Å². The lowest BCUT2D eigenvalue weighted by atomic mass is 9.94. The summed E-state index contributed by atoms with van der Waals surface area (Å²) >= 11 is 3.18. The number of aliphatic carboxylic acids is 1. The third-order valence-electron chi connectivity index (χ3n) is 7.72. The van der Waals surface area contributed by atoms with Crippen molar-refractivity contribution in [3.63, 3.8) is 0 Å². The number of carboxylic acids is 1. The van der Waals surface area contributed by atoms with Crippen molar-refractivity contribution in [1.29, 1.82) is 0 Å². The van der Waals surface area contributed by atoms with Gasteiger partial charge in [-0.3, -0.25) is 38.6 Å². The van der Waals surface area contributed by atoms with Crippen molar-refractivity contribution in [3.05, 3.63) is 35.0 Å². The molecule has 3 aliphatic rings. The monoisotopic (exact) mass is 749 g/mol. The van der Waals surface area contributed by atoms with Gasteiger partial charge in [0.25, 0.3) is 5.91 Å². The minimum absolute atomic E-state index is 0.0278. The second-order valence-corrected chi connectivity index (χ2v) is 13.8. The first-order chi connectivity index (χ1) is 23.9. The van der Waals surface area contributed by atoms with E-state index in [9.17, 15) is 53.7 Å². The van der Waals surface area contributed by atoms with E-state index in [1.807, 2.05) is 0 Å². The minimum Gasteiger partial charge on any atom is -0.504 e. The molecule has 23 heteroatoms. The molecular formula is C27H27N9O11S3. The number of imide groups is 1. The molecule has 50 heavy (non-hydrogen) atoms. The van der Waals surface area contributed by atoms with Crippen molar-refractivity contribution in [1.82, 2.24) is 40.8 Å². The molecule has 3 aliphatic heterocycles. The number of benzene rings is 1. The number of carboxylic acid groups (broad SMARTS) is 1. The number of nitrogens with one attached hydrogen (secondary N) is 4. The van der Waals surface area contributed by atoms with Gasteiger partial charge in [-0.1, -0.05) is 29.2 Å². The topological polar surface area (TPSA) is 281 Å². The smallest absolute Gasteiger partial charge is 0.352 e. The number of likely N-dealkylation sites (N-methyl/N-ethyl adjacent to an activating group) is 1. The van der Waals surface area contributed by atoms with Crippen molar-refractivity contribution < 1.29 is 53.7 Å². The molecule has 0 bridgehead atoms. The molecule has 1 unspecified atom stereocenters. The van der Waals surface area contributed by atoms with Gasteiger partial charge in [-0.15, -0.1) is 22.0 Å². The number of rotatable bonds is 13. The van der Waals surface area contributed by atoms with Crippen molar-refractivity contribution >= 4 is 88.4 Å². The number of piperazine rings is 1. The van der Waals surface area contributed by atoms with E-state index in [0.717, 1.165) is 58.0 Å². The van der Waals surface area contributed by atoms with E-state index < -0.39 is 64.2 Å². The van der Waals surface area contributed by atoms with Gasteiger partial charge in [0.15, 0.2) is 15.8 Å². The molecule has 1 aromatic carbocycles. The molecule has 4 heterocycles. The number of hydrogen-bond acceptors (Lipinski definition) is 15. The molecule has 7 N–H and O–H groups in total. The van der Waals surface area contributed by atoms with Gasteiger partial charge < -0.3 is 41.5 Å². The number of urea groups is 1. The van der Waals surface area contributed by atoms with E-state index in [2.05, 4.69) is 31.5 Å². The highest BCUT2D eigenvalue weighted by Crippen LogP contribution is 2.46. The molecule has 20 nitrogen and oxygen atoms in total. The number of phenols is 2. The van der Waals surface area contributed by atoms with Crippen LogP contribution in [0.4, 0.5) is 9.93 Å². The second-order valence-electron chi connectivity index (χ2n) is 10.6. The van der Waals surface area contributed by atoms with Crippen LogP contribution in [0.15, 0.2) is 33.8 Å². The molecule has 0 saturated carbocycles. The van der Waals surface area contributed by atoms with Crippen LogP contribution in [-0.2, 0) is 33.6 Å². The molecule has 8 amide bonds. The number of aromatic hydroxyl groups is 2. The molecule has 0 spiro atoms. The zero-order chi connectivity index (χ0) is 36.3. The van der Waals surface area contributed by atoms with Crippen LogP contribution in [0.3, 0.4) is 0 Å². The summed E-state index contributed by atoms with van der Waals surface area (Å²) in [6, 6.07) is 0.173. The van der Waals surface area contributed by atoms with Crippen LogP contribution < -0.4 is 21.3 Å². The van der Waals surface area contributed by atoms with Crippen molar-refractivity contribution in [3.8, 4) is 11.5 Å². The Bertz CT molecular complexity index is 1820. The highest BCUT2D eigenvalue weighted by Gasteiger charge is 2.66. The molecule has 1 aromatic heterocycles. The van der Waals surface area contributed by atoms with Crippen molar-refractivity contribution in [2.75, 3.05) is 36.5 Å². The van der Waals surface area contributed by atoms with E-state index in [-0.39, 0.29) is 53.9 Å². The number of carbonyl (C=O) groups excluding carboxylic acids is 7. The summed E-state index contributed by atoms with van der Waals surface area (Å²) in [6.45, 7) is 1.69. The van der Waals surface area contributed by atoms with E-state index in [1.54, 1.807) is 6.92 Å². The number of phenolic OH excluding ortho intramolecular Hbond substituents is 2. The maximum Gasteiger partial charge on any atom is 0.352 e. The van der Waals surface area contributed by atoms with E-state index in [1.165, 1.54) is 4.90 Å². The van der Waals surface area contributed by atoms with Gasteiger partial charge in [0, 0.05) is 31.1 Å². The number of thioether (sulfide) groups is 2. The summed E-state index contributed by atoms with van der Waals surface area (Å²) in [7, 11) is 0. The van der Waals surface area contributed by atoms with Gasteiger partial charge in [-0.2, -0.15) is 0 Å². The number of anilines is 1. The quantitative estimate of drug-likeness (QED) is 0.0235. The molecule has 264 valence electrons. The minimum atomic E-state index is -2.21. The fraction of sp³-hybridized carbons (Fsp3) is 0.333. The fourth-order valence-electron chi connectivity index (χ4n) is 5.29. The number of β-lactam (4-membered cyclic amide) rings is 1. The highest BCUT2D eigenvalue weighted by molar-refractivity contribution is 8.02. The SMILES string of the molecule is CCN1CCN(C(=O)NC(C(=O)N[C@]2(NC=O)C(=O)N3C(C(=O)O)=C(CSc4nnc(NC=O)s4)CS[C@H]32)c2ccc(O)c(O)c2)C(=O)C1=O. The van der Waals surface area contributed by atoms with Crippen molar-refractivity contribution in [2.45, 2.75) is 28.3 Å². The Kier molecular flexibility index (Phi) is 10.5. The maximum atomic E-state index is 13.9. The van der Waals surface area contributed by atoms with Gasteiger partial charge >= 0.3 is 23.8 Å². The molecule has 2 aromatic rings. The molecule has 2 fully saturated rings. The lowest BCUT2D eigenvalue weighted by molar-refractivity contribution is -0.163. The van der Waals surface area contributed by atoms with Crippen LogP contribution >= 0.6 is 34.9 Å². The van der Waals surface area contributed by atoms with Crippen LogP contribution in [0.1, 0.15) is 18.5 Å². The summed E-state index contributed by atoms with van der Waals surface area (Å²) < 4.78 is 0.407. The van der Waals surface area contributed by atoms with Gasteiger partial charge in [-0.05, 0) is 30.2 Å². The summed E-state index contributed by atoms with van der Waals surface area (Å²) in [5.41, 5.74) is -2.41.